The number of amides is 2. The summed E-state index contributed by atoms with van der Waals surface area (Å²) in [6.07, 6.45) is 1.09. The van der Waals surface area contributed by atoms with Crippen molar-refractivity contribution < 1.29 is 29.0 Å². The van der Waals surface area contributed by atoms with Gasteiger partial charge in [-0.25, -0.2) is 9.59 Å². The first-order chi connectivity index (χ1) is 11.2. The van der Waals surface area contributed by atoms with Crippen molar-refractivity contribution in [3.05, 3.63) is 0 Å². The topological polar surface area (TPSA) is 105 Å². The van der Waals surface area contributed by atoms with E-state index in [-0.39, 0.29) is 0 Å². The summed E-state index contributed by atoms with van der Waals surface area (Å²) in [4.78, 5) is 37.8. The van der Waals surface area contributed by atoms with E-state index in [4.69, 9.17) is 9.47 Å². The maximum atomic E-state index is 12.6. The Kier molecular flexibility index (Phi) is 7.47. The van der Waals surface area contributed by atoms with Crippen LogP contribution < -0.4 is 5.32 Å². The molecule has 2 atom stereocenters. The number of nitrogens with zero attached hydrogens (tertiary/aromatic N) is 1. The van der Waals surface area contributed by atoms with Crippen LogP contribution in [0.2, 0.25) is 0 Å². The van der Waals surface area contributed by atoms with Crippen molar-refractivity contribution in [2.24, 2.45) is 0 Å². The maximum absolute atomic E-state index is 12.6. The number of aliphatic hydroxyl groups is 1. The lowest BCUT2D eigenvalue weighted by atomic mass is 10.2. The maximum Gasteiger partial charge on any atom is 0.408 e. The first-order valence-corrected chi connectivity index (χ1v) is 8.27. The fraction of sp³-hybridized carbons (Fsp3) is 0.812. The molecule has 1 heterocycles. The zero-order chi connectivity index (χ0) is 18.3. The van der Waals surface area contributed by atoms with Gasteiger partial charge in [0.15, 0.2) is 0 Å². The standard InChI is InChI=1S/C16H28N2O6/c1-5-9-23-14(21)12-7-6-8-18(12)13(20)11(10-19)17-15(22)24-16(2,3)4/h11-12,19H,5-10H2,1-4H3,(H,17,22)/t11-,12-/m0/s1. The first kappa shape index (κ1) is 20.2. The van der Waals surface area contributed by atoms with Crippen LogP contribution in [0.5, 0.6) is 0 Å². The molecular weight excluding hydrogens is 316 g/mol. The van der Waals surface area contributed by atoms with Gasteiger partial charge in [-0.05, 0) is 40.0 Å². The predicted octanol–water partition coefficient (Wildman–Crippen LogP) is 0.816. The van der Waals surface area contributed by atoms with Crippen molar-refractivity contribution >= 4 is 18.0 Å². The van der Waals surface area contributed by atoms with Crippen molar-refractivity contribution in [3.63, 3.8) is 0 Å². The van der Waals surface area contributed by atoms with Crippen molar-refractivity contribution in [1.29, 1.82) is 0 Å². The number of aliphatic hydroxyl groups excluding tert-OH is 1. The fourth-order valence-electron chi connectivity index (χ4n) is 2.41. The van der Waals surface area contributed by atoms with E-state index in [9.17, 15) is 19.5 Å². The van der Waals surface area contributed by atoms with E-state index in [0.717, 1.165) is 0 Å². The lowest BCUT2D eigenvalue weighted by Gasteiger charge is -2.28. The highest BCUT2D eigenvalue weighted by Gasteiger charge is 2.38. The van der Waals surface area contributed by atoms with Crippen LogP contribution in [-0.4, -0.2) is 65.4 Å². The largest absolute Gasteiger partial charge is 0.464 e. The molecule has 1 fully saturated rings. The molecule has 1 aliphatic rings. The molecule has 1 rings (SSSR count). The monoisotopic (exact) mass is 344 g/mol. The summed E-state index contributed by atoms with van der Waals surface area (Å²) >= 11 is 0. The quantitative estimate of drug-likeness (QED) is 0.691. The van der Waals surface area contributed by atoms with Crippen LogP contribution in [0.15, 0.2) is 0 Å². The number of hydrogen-bond donors (Lipinski definition) is 2. The Morgan fingerprint density at radius 1 is 1.33 bits per heavy atom. The van der Waals surface area contributed by atoms with Gasteiger partial charge in [-0.15, -0.1) is 0 Å². The van der Waals surface area contributed by atoms with Crippen LogP contribution in [0.25, 0.3) is 0 Å². The Morgan fingerprint density at radius 2 is 2.00 bits per heavy atom. The fourth-order valence-corrected chi connectivity index (χ4v) is 2.41. The summed E-state index contributed by atoms with van der Waals surface area (Å²) in [5.41, 5.74) is -0.715. The van der Waals surface area contributed by atoms with Gasteiger partial charge in [0.05, 0.1) is 13.2 Å². The summed E-state index contributed by atoms with van der Waals surface area (Å²) in [5.74, 6) is -0.962. The normalized spacial score (nSPS) is 18.9. The molecule has 8 heteroatoms. The van der Waals surface area contributed by atoms with Crippen LogP contribution in [0, 0.1) is 0 Å². The number of ether oxygens (including phenoxy) is 2. The number of carbonyl (C=O) groups excluding carboxylic acids is 3. The molecule has 0 spiro atoms. The Morgan fingerprint density at radius 3 is 2.54 bits per heavy atom. The number of rotatable bonds is 6. The zero-order valence-electron chi connectivity index (χ0n) is 14.8. The summed E-state index contributed by atoms with van der Waals surface area (Å²) in [6, 6.07) is -1.82. The lowest BCUT2D eigenvalue weighted by molar-refractivity contribution is -0.154. The predicted molar refractivity (Wildman–Crippen MR) is 86.2 cm³/mol. The van der Waals surface area contributed by atoms with Gasteiger partial charge in [0.1, 0.15) is 17.7 Å². The molecule has 0 saturated carbocycles. The number of alkyl carbamates (subject to hydrolysis) is 1. The van der Waals surface area contributed by atoms with E-state index in [2.05, 4.69) is 5.32 Å². The molecule has 0 radical (unpaired) electrons. The summed E-state index contributed by atoms with van der Waals surface area (Å²) in [7, 11) is 0. The van der Waals surface area contributed by atoms with E-state index in [1.807, 2.05) is 6.92 Å². The van der Waals surface area contributed by atoms with Crippen molar-refractivity contribution in [2.45, 2.75) is 64.6 Å². The van der Waals surface area contributed by atoms with Crippen molar-refractivity contribution in [3.8, 4) is 0 Å². The number of nitrogens with one attached hydrogen (secondary N) is 1. The average molecular weight is 344 g/mol. The lowest BCUT2D eigenvalue weighted by Crippen LogP contribution is -2.54. The smallest absolute Gasteiger partial charge is 0.408 e. The summed E-state index contributed by atoms with van der Waals surface area (Å²) in [5, 5.41) is 11.8. The molecule has 0 aromatic rings. The third kappa shape index (κ3) is 5.99. The first-order valence-electron chi connectivity index (χ1n) is 8.27. The highest BCUT2D eigenvalue weighted by molar-refractivity contribution is 5.90. The van der Waals surface area contributed by atoms with Gasteiger partial charge in [0.25, 0.3) is 0 Å². The zero-order valence-corrected chi connectivity index (χ0v) is 14.8. The molecule has 0 bridgehead atoms. The highest BCUT2D eigenvalue weighted by Crippen LogP contribution is 2.20. The Hall–Kier alpha value is -1.83. The van der Waals surface area contributed by atoms with E-state index >= 15 is 0 Å². The van der Waals surface area contributed by atoms with Gasteiger partial charge < -0.3 is 24.8 Å². The van der Waals surface area contributed by atoms with E-state index in [1.54, 1.807) is 20.8 Å². The van der Waals surface area contributed by atoms with E-state index in [1.165, 1.54) is 4.90 Å². The van der Waals surface area contributed by atoms with Gasteiger partial charge in [-0.3, -0.25) is 4.79 Å². The van der Waals surface area contributed by atoms with Gasteiger partial charge >= 0.3 is 12.1 Å². The molecule has 2 amide bonds. The number of likely N-dealkylation sites (tertiary alicyclic amines) is 1. The second-order valence-corrected chi connectivity index (χ2v) is 6.74. The van der Waals surface area contributed by atoms with E-state index in [0.29, 0.717) is 32.4 Å². The molecule has 2 N–H and O–H groups in total. The summed E-state index contributed by atoms with van der Waals surface area (Å²) in [6.45, 7) is 7.09. The SMILES string of the molecule is CCCOC(=O)[C@@H]1CCCN1C(=O)[C@H](CO)NC(=O)OC(C)(C)C. The van der Waals surface area contributed by atoms with Gasteiger partial charge in [-0.2, -0.15) is 0 Å². The molecule has 138 valence electrons. The minimum absolute atomic E-state index is 0.303. The number of esters is 1. The Labute approximate surface area is 142 Å². The third-order valence-corrected chi connectivity index (χ3v) is 3.43. The minimum Gasteiger partial charge on any atom is -0.464 e. The van der Waals surface area contributed by atoms with Crippen LogP contribution in [0.1, 0.15) is 47.0 Å². The highest BCUT2D eigenvalue weighted by atomic mass is 16.6. The average Bonchev–Trinajstić information content (AvgIpc) is 2.97. The third-order valence-electron chi connectivity index (χ3n) is 3.43. The second kappa shape index (κ2) is 8.86. The molecule has 0 aromatic carbocycles. The van der Waals surface area contributed by atoms with Gasteiger partial charge in [0, 0.05) is 6.54 Å². The Bertz CT molecular complexity index is 460. The van der Waals surface area contributed by atoms with Crippen LogP contribution >= 0.6 is 0 Å². The van der Waals surface area contributed by atoms with Crippen molar-refractivity contribution in [2.75, 3.05) is 19.8 Å². The summed E-state index contributed by atoms with van der Waals surface area (Å²) < 4.78 is 10.2. The molecule has 24 heavy (non-hydrogen) atoms. The molecule has 1 saturated heterocycles. The minimum atomic E-state index is -1.15. The second-order valence-electron chi connectivity index (χ2n) is 6.74. The molecule has 0 unspecified atom stereocenters. The number of carbonyl (C=O) groups is 3. The number of hydrogen-bond acceptors (Lipinski definition) is 6. The van der Waals surface area contributed by atoms with E-state index < -0.39 is 42.3 Å². The Balaban J connectivity index is 2.70. The van der Waals surface area contributed by atoms with Crippen LogP contribution in [-0.2, 0) is 19.1 Å². The molecule has 0 aromatic heterocycles. The van der Waals surface area contributed by atoms with Gasteiger partial charge in [-0.1, -0.05) is 6.92 Å². The van der Waals surface area contributed by atoms with Crippen LogP contribution in [0.3, 0.4) is 0 Å². The molecular formula is C16H28N2O6. The van der Waals surface area contributed by atoms with Gasteiger partial charge in [0.2, 0.25) is 5.91 Å². The molecule has 0 aliphatic carbocycles. The molecule has 1 aliphatic heterocycles. The van der Waals surface area contributed by atoms with Crippen molar-refractivity contribution in [1.82, 2.24) is 10.2 Å². The molecule has 8 nitrogen and oxygen atoms in total. The van der Waals surface area contributed by atoms with Crippen LogP contribution in [0.4, 0.5) is 4.79 Å².